The van der Waals surface area contributed by atoms with Gasteiger partial charge < -0.3 is 16.0 Å². The van der Waals surface area contributed by atoms with Crippen molar-refractivity contribution in [3.8, 4) is 0 Å². The molecule has 0 saturated heterocycles. The number of nitrogen functional groups attached to an aromatic ring is 1. The molecule has 0 aliphatic carbocycles. The summed E-state index contributed by atoms with van der Waals surface area (Å²) in [6.07, 6.45) is 0. The highest BCUT2D eigenvalue weighted by Gasteiger charge is 2.03. The third kappa shape index (κ3) is 2.69. The van der Waals surface area contributed by atoms with E-state index in [1.165, 1.54) is 0 Å². The van der Waals surface area contributed by atoms with Crippen LogP contribution < -0.4 is 16.0 Å². The van der Waals surface area contributed by atoms with E-state index in [0.717, 1.165) is 22.7 Å². The van der Waals surface area contributed by atoms with Crippen molar-refractivity contribution in [1.29, 1.82) is 0 Å². The van der Waals surface area contributed by atoms with Gasteiger partial charge in [-0.05, 0) is 36.4 Å². The monoisotopic (exact) mass is 227 g/mol. The van der Waals surface area contributed by atoms with E-state index >= 15 is 0 Å². The summed E-state index contributed by atoms with van der Waals surface area (Å²) >= 11 is 0. The molecule has 0 radical (unpaired) electrons. The average Bonchev–Trinajstić information content (AvgIpc) is 2.32. The number of para-hydroxylation sites is 2. The van der Waals surface area contributed by atoms with E-state index in [1.807, 2.05) is 50.5 Å². The molecule has 0 aromatic heterocycles. The van der Waals surface area contributed by atoms with Crippen LogP contribution in [0.15, 0.2) is 48.5 Å². The second-order valence-electron chi connectivity index (χ2n) is 4.16. The van der Waals surface area contributed by atoms with E-state index in [1.54, 1.807) is 0 Å². The third-order valence-corrected chi connectivity index (χ3v) is 2.58. The number of anilines is 4. The fourth-order valence-corrected chi connectivity index (χ4v) is 1.69. The number of nitrogens with one attached hydrogen (secondary N) is 1. The van der Waals surface area contributed by atoms with Crippen molar-refractivity contribution in [2.75, 3.05) is 30.0 Å². The molecule has 0 aliphatic rings. The molecule has 0 fully saturated rings. The molecule has 0 unspecified atom stereocenters. The molecule has 2 rings (SSSR count). The minimum Gasteiger partial charge on any atom is -0.399 e. The molecular formula is C14H17N3. The maximum Gasteiger partial charge on any atom is 0.0621 e. The molecule has 2 aromatic rings. The van der Waals surface area contributed by atoms with Crippen LogP contribution in [0.5, 0.6) is 0 Å². The maximum atomic E-state index is 5.66. The smallest absolute Gasteiger partial charge is 0.0621 e. The van der Waals surface area contributed by atoms with Gasteiger partial charge in [-0.3, -0.25) is 0 Å². The van der Waals surface area contributed by atoms with Crippen LogP contribution in [0.25, 0.3) is 0 Å². The Labute approximate surface area is 102 Å². The fraction of sp³-hybridized carbons (Fsp3) is 0.143. The van der Waals surface area contributed by atoms with Crippen LogP contribution in [0.3, 0.4) is 0 Å². The van der Waals surface area contributed by atoms with E-state index in [4.69, 9.17) is 5.73 Å². The molecule has 0 heterocycles. The number of hydrogen-bond donors (Lipinski definition) is 2. The van der Waals surface area contributed by atoms with Gasteiger partial charge >= 0.3 is 0 Å². The lowest BCUT2D eigenvalue weighted by Gasteiger charge is -2.18. The second-order valence-corrected chi connectivity index (χ2v) is 4.16. The van der Waals surface area contributed by atoms with Crippen LogP contribution in [-0.2, 0) is 0 Å². The quantitative estimate of drug-likeness (QED) is 0.792. The van der Waals surface area contributed by atoms with Crippen LogP contribution in [0.4, 0.5) is 22.7 Å². The molecule has 88 valence electrons. The van der Waals surface area contributed by atoms with Crippen LogP contribution in [0.2, 0.25) is 0 Å². The summed E-state index contributed by atoms with van der Waals surface area (Å²) in [6, 6.07) is 15.9. The van der Waals surface area contributed by atoms with Gasteiger partial charge in [0.2, 0.25) is 0 Å². The first-order valence-electron chi connectivity index (χ1n) is 5.56. The Hall–Kier alpha value is -2.16. The Morgan fingerprint density at radius 2 is 1.59 bits per heavy atom. The van der Waals surface area contributed by atoms with Gasteiger partial charge in [0.05, 0.1) is 11.4 Å². The van der Waals surface area contributed by atoms with Gasteiger partial charge in [-0.15, -0.1) is 0 Å². The predicted octanol–water partition coefficient (Wildman–Crippen LogP) is 3.08. The molecule has 17 heavy (non-hydrogen) atoms. The highest BCUT2D eigenvalue weighted by molar-refractivity contribution is 5.75. The topological polar surface area (TPSA) is 41.3 Å². The standard InChI is InChI=1S/C14H17N3/c1-17(2)14-6-4-3-5-13(14)16-12-9-7-11(15)8-10-12/h3-10,16H,15H2,1-2H3. The fourth-order valence-electron chi connectivity index (χ4n) is 1.69. The molecule has 3 nitrogen and oxygen atoms in total. The summed E-state index contributed by atoms with van der Waals surface area (Å²) in [5.74, 6) is 0. The van der Waals surface area contributed by atoms with Gasteiger partial charge in [0.1, 0.15) is 0 Å². The Bertz CT molecular complexity index is 489. The van der Waals surface area contributed by atoms with Crippen molar-refractivity contribution < 1.29 is 0 Å². The van der Waals surface area contributed by atoms with Crippen molar-refractivity contribution in [3.63, 3.8) is 0 Å². The average molecular weight is 227 g/mol. The molecule has 0 aliphatic heterocycles. The zero-order valence-electron chi connectivity index (χ0n) is 10.1. The lowest BCUT2D eigenvalue weighted by atomic mass is 10.2. The SMILES string of the molecule is CN(C)c1ccccc1Nc1ccc(N)cc1. The lowest BCUT2D eigenvalue weighted by Crippen LogP contribution is -2.10. The third-order valence-electron chi connectivity index (χ3n) is 2.58. The molecule has 2 aromatic carbocycles. The van der Waals surface area contributed by atoms with Gasteiger partial charge in [0.25, 0.3) is 0 Å². The number of nitrogens with zero attached hydrogens (tertiary/aromatic N) is 1. The van der Waals surface area contributed by atoms with Gasteiger partial charge in [0.15, 0.2) is 0 Å². The van der Waals surface area contributed by atoms with E-state index in [2.05, 4.69) is 22.3 Å². The second kappa shape index (κ2) is 4.78. The molecule has 0 saturated carbocycles. The van der Waals surface area contributed by atoms with Crippen molar-refractivity contribution in [2.24, 2.45) is 0 Å². The zero-order chi connectivity index (χ0) is 12.3. The zero-order valence-corrected chi connectivity index (χ0v) is 10.1. The molecule has 0 bridgehead atoms. The number of benzene rings is 2. The summed E-state index contributed by atoms with van der Waals surface area (Å²) in [5, 5.41) is 3.38. The molecule has 0 atom stereocenters. The lowest BCUT2D eigenvalue weighted by molar-refractivity contribution is 1.13. The van der Waals surface area contributed by atoms with Crippen molar-refractivity contribution in [2.45, 2.75) is 0 Å². The minimum absolute atomic E-state index is 0.774. The Kier molecular flexibility index (Phi) is 3.19. The molecule has 0 spiro atoms. The van der Waals surface area contributed by atoms with E-state index in [0.29, 0.717) is 0 Å². The van der Waals surface area contributed by atoms with Gasteiger partial charge in [-0.25, -0.2) is 0 Å². The van der Waals surface area contributed by atoms with Gasteiger partial charge in [-0.1, -0.05) is 12.1 Å². The highest BCUT2D eigenvalue weighted by atomic mass is 15.1. The molecule has 0 amide bonds. The van der Waals surface area contributed by atoms with Crippen LogP contribution in [0, 0.1) is 0 Å². The van der Waals surface area contributed by atoms with Gasteiger partial charge in [-0.2, -0.15) is 0 Å². The Balaban J connectivity index is 2.26. The molecular weight excluding hydrogens is 210 g/mol. The molecule has 3 N–H and O–H groups in total. The summed E-state index contributed by atoms with van der Waals surface area (Å²) in [7, 11) is 4.06. The van der Waals surface area contributed by atoms with E-state index in [9.17, 15) is 0 Å². The van der Waals surface area contributed by atoms with E-state index < -0.39 is 0 Å². The first-order valence-corrected chi connectivity index (χ1v) is 5.56. The number of rotatable bonds is 3. The predicted molar refractivity (Wildman–Crippen MR) is 74.9 cm³/mol. The largest absolute Gasteiger partial charge is 0.399 e. The van der Waals surface area contributed by atoms with Crippen molar-refractivity contribution >= 4 is 22.7 Å². The van der Waals surface area contributed by atoms with Crippen molar-refractivity contribution in [3.05, 3.63) is 48.5 Å². The van der Waals surface area contributed by atoms with Crippen molar-refractivity contribution in [1.82, 2.24) is 0 Å². The van der Waals surface area contributed by atoms with Crippen LogP contribution >= 0.6 is 0 Å². The van der Waals surface area contributed by atoms with E-state index in [-0.39, 0.29) is 0 Å². The highest BCUT2D eigenvalue weighted by Crippen LogP contribution is 2.27. The van der Waals surface area contributed by atoms with Crippen LogP contribution in [0.1, 0.15) is 0 Å². The number of nitrogens with two attached hydrogens (primary N) is 1. The first kappa shape index (κ1) is 11.3. The Morgan fingerprint density at radius 1 is 0.941 bits per heavy atom. The molecule has 3 heteroatoms. The maximum absolute atomic E-state index is 5.66. The first-order chi connectivity index (χ1) is 8.16. The van der Waals surface area contributed by atoms with Gasteiger partial charge in [0, 0.05) is 25.5 Å². The summed E-state index contributed by atoms with van der Waals surface area (Å²) in [5.41, 5.74) is 9.71. The minimum atomic E-state index is 0.774. The number of hydrogen-bond acceptors (Lipinski definition) is 3. The normalized spacial score (nSPS) is 10.0. The summed E-state index contributed by atoms with van der Waals surface area (Å²) in [4.78, 5) is 2.08. The van der Waals surface area contributed by atoms with Crippen LogP contribution in [-0.4, -0.2) is 14.1 Å². The summed E-state index contributed by atoms with van der Waals surface area (Å²) < 4.78 is 0. The summed E-state index contributed by atoms with van der Waals surface area (Å²) in [6.45, 7) is 0. The Morgan fingerprint density at radius 3 is 2.24 bits per heavy atom.